The fourth-order valence-electron chi connectivity index (χ4n) is 2.92. The van der Waals surface area contributed by atoms with Crippen molar-refractivity contribution in [3.8, 4) is 0 Å². The number of Topliss-reactive ketones (excluding diaryl/α,β-unsaturated/α-hetero) is 1. The third kappa shape index (κ3) is 4.03. The molecule has 0 bridgehead atoms. The van der Waals surface area contributed by atoms with E-state index in [0.29, 0.717) is 41.5 Å². The van der Waals surface area contributed by atoms with Gasteiger partial charge in [-0.05, 0) is 49.7 Å². The Hall–Kier alpha value is -1.61. The predicted molar refractivity (Wildman–Crippen MR) is 99.7 cm³/mol. The van der Waals surface area contributed by atoms with E-state index in [9.17, 15) is 17.6 Å². The molecule has 0 saturated carbocycles. The summed E-state index contributed by atoms with van der Waals surface area (Å²) in [5.41, 5.74) is 0.922. The number of hydrogen-bond acceptors (Lipinski definition) is 5. The van der Waals surface area contributed by atoms with E-state index in [1.165, 1.54) is 27.8 Å². The molecule has 8 heteroatoms. The van der Waals surface area contributed by atoms with Crippen LogP contribution in [0.15, 0.2) is 34.5 Å². The minimum atomic E-state index is -3.46. The molecule has 1 aliphatic heterocycles. The van der Waals surface area contributed by atoms with Crippen LogP contribution >= 0.6 is 11.3 Å². The Bertz CT molecular complexity index is 916. The van der Waals surface area contributed by atoms with Crippen molar-refractivity contribution in [2.24, 2.45) is 0 Å². The van der Waals surface area contributed by atoms with Gasteiger partial charge in [0.15, 0.2) is 5.78 Å². The highest BCUT2D eigenvalue weighted by Gasteiger charge is 2.30. The Labute approximate surface area is 157 Å². The molecule has 26 heavy (non-hydrogen) atoms. The number of thiophene rings is 1. The summed E-state index contributed by atoms with van der Waals surface area (Å²) in [6, 6.07) is 7.79. The highest BCUT2D eigenvalue weighted by atomic mass is 32.2. The second kappa shape index (κ2) is 7.56. The van der Waals surface area contributed by atoms with Crippen molar-refractivity contribution in [3.63, 3.8) is 0 Å². The topological polar surface area (TPSA) is 57.7 Å². The Morgan fingerprint density at radius 3 is 2.38 bits per heavy atom. The quantitative estimate of drug-likeness (QED) is 0.729. The molecule has 2 aromatic rings. The van der Waals surface area contributed by atoms with Gasteiger partial charge in [-0.1, -0.05) is 0 Å². The lowest BCUT2D eigenvalue weighted by atomic mass is 10.1. The lowest BCUT2D eigenvalue weighted by Crippen LogP contribution is -2.49. The van der Waals surface area contributed by atoms with Gasteiger partial charge in [0.05, 0.1) is 6.54 Å². The maximum atomic E-state index is 13.3. The SMILES string of the molecule is Cc1ccc(S(=O)(=O)N2CCN(CC(=O)c3ccc(F)c(C)c3)CC2)s1. The van der Waals surface area contributed by atoms with E-state index in [1.54, 1.807) is 25.1 Å². The highest BCUT2D eigenvalue weighted by Crippen LogP contribution is 2.25. The van der Waals surface area contributed by atoms with Crippen LogP contribution in [0.5, 0.6) is 0 Å². The van der Waals surface area contributed by atoms with Crippen molar-refractivity contribution in [1.29, 1.82) is 0 Å². The second-order valence-electron chi connectivity index (χ2n) is 6.43. The van der Waals surface area contributed by atoms with Crippen LogP contribution in [0.25, 0.3) is 0 Å². The highest BCUT2D eigenvalue weighted by molar-refractivity contribution is 7.91. The maximum absolute atomic E-state index is 13.3. The monoisotopic (exact) mass is 396 g/mol. The Kier molecular flexibility index (Phi) is 5.57. The summed E-state index contributed by atoms with van der Waals surface area (Å²) in [6.45, 7) is 5.42. The van der Waals surface area contributed by atoms with Crippen molar-refractivity contribution in [3.05, 3.63) is 52.2 Å². The fraction of sp³-hybridized carbons (Fsp3) is 0.389. The van der Waals surface area contributed by atoms with E-state index in [2.05, 4.69) is 0 Å². The number of aryl methyl sites for hydroxylation is 2. The molecule has 0 radical (unpaired) electrons. The molecule has 1 aromatic heterocycles. The molecule has 0 amide bonds. The zero-order valence-electron chi connectivity index (χ0n) is 14.7. The maximum Gasteiger partial charge on any atom is 0.252 e. The molecular formula is C18H21FN2O3S2. The smallest absolute Gasteiger partial charge is 0.252 e. The van der Waals surface area contributed by atoms with Crippen LogP contribution in [0.3, 0.4) is 0 Å². The molecule has 1 fully saturated rings. The molecule has 3 rings (SSSR count). The van der Waals surface area contributed by atoms with Crippen LogP contribution < -0.4 is 0 Å². The standard InChI is InChI=1S/C18H21FN2O3S2/c1-13-11-15(4-5-16(13)19)17(22)12-20-7-9-21(10-8-20)26(23,24)18-6-3-14(2)25-18/h3-6,11H,7-10,12H2,1-2H3. The third-order valence-corrected chi connectivity index (χ3v) is 7.85. The molecule has 1 saturated heterocycles. The van der Waals surface area contributed by atoms with Crippen molar-refractivity contribution in [2.75, 3.05) is 32.7 Å². The minimum Gasteiger partial charge on any atom is -0.293 e. The van der Waals surface area contributed by atoms with Gasteiger partial charge in [-0.25, -0.2) is 12.8 Å². The molecule has 0 aliphatic carbocycles. The summed E-state index contributed by atoms with van der Waals surface area (Å²) >= 11 is 1.27. The number of rotatable bonds is 5. The third-order valence-electron chi connectivity index (χ3n) is 4.49. The number of nitrogens with zero attached hydrogens (tertiary/aromatic N) is 2. The number of carbonyl (C=O) groups is 1. The van der Waals surface area contributed by atoms with E-state index < -0.39 is 10.0 Å². The molecule has 0 unspecified atom stereocenters. The number of hydrogen-bond donors (Lipinski definition) is 0. The molecule has 0 spiro atoms. The first-order chi connectivity index (χ1) is 12.3. The van der Waals surface area contributed by atoms with Crippen LogP contribution in [0.2, 0.25) is 0 Å². The summed E-state index contributed by atoms with van der Waals surface area (Å²) in [5.74, 6) is -0.414. The molecular weight excluding hydrogens is 375 g/mol. The van der Waals surface area contributed by atoms with Gasteiger partial charge in [-0.3, -0.25) is 9.69 Å². The van der Waals surface area contributed by atoms with E-state index >= 15 is 0 Å². The lowest BCUT2D eigenvalue weighted by molar-refractivity contribution is 0.0901. The van der Waals surface area contributed by atoms with E-state index in [1.807, 2.05) is 11.8 Å². The van der Waals surface area contributed by atoms with Gasteiger partial charge in [0.1, 0.15) is 10.0 Å². The zero-order valence-corrected chi connectivity index (χ0v) is 16.4. The molecule has 140 valence electrons. The Balaban J connectivity index is 1.60. The lowest BCUT2D eigenvalue weighted by Gasteiger charge is -2.33. The van der Waals surface area contributed by atoms with Gasteiger partial charge in [-0.15, -0.1) is 11.3 Å². The Morgan fingerprint density at radius 1 is 1.12 bits per heavy atom. The van der Waals surface area contributed by atoms with Crippen LogP contribution in [0, 0.1) is 19.7 Å². The van der Waals surface area contributed by atoms with Crippen LogP contribution in [-0.4, -0.2) is 56.1 Å². The number of ketones is 1. The normalized spacial score (nSPS) is 16.7. The van der Waals surface area contributed by atoms with Crippen LogP contribution in [0.1, 0.15) is 20.8 Å². The summed E-state index contributed by atoms with van der Waals surface area (Å²) in [6.07, 6.45) is 0. The first kappa shape index (κ1) is 19.2. The number of sulfonamides is 1. The van der Waals surface area contributed by atoms with E-state index in [-0.39, 0.29) is 18.1 Å². The van der Waals surface area contributed by atoms with E-state index in [0.717, 1.165) is 4.88 Å². The van der Waals surface area contributed by atoms with Crippen molar-refractivity contribution in [2.45, 2.75) is 18.1 Å². The van der Waals surface area contributed by atoms with Crippen molar-refractivity contribution >= 4 is 27.1 Å². The number of halogens is 1. The molecule has 1 aliphatic rings. The van der Waals surface area contributed by atoms with E-state index in [4.69, 9.17) is 0 Å². The van der Waals surface area contributed by atoms with Crippen LogP contribution in [0.4, 0.5) is 4.39 Å². The summed E-state index contributed by atoms with van der Waals surface area (Å²) in [5, 5.41) is 0. The fourth-order valence-corrected chi connectivity index (χ4v) is 5.78. The molecule has 5 nitrogen and oxygen atoms in total. The zero-order chi connectivity index (χ0) is 18.9. The predicted octanol–water partition coefficient (Wildman–Crippen LogP) is 2.69. The van der Waals surface area contributed by atoms with Crippen molar-refractivity contribution < 1.29 is 17.6 Å². The molecule has 0 atom stereocenters. The van der Waals surface area contributed by atoms with Gasteiger partial charge in [-0.2, -0.15) is 4.31 Å². The van der Waals surface area contributed by atoms with Gasteiger partial charge >= 0.3 is 0 Å². The number of benzene rings is 1. The summed E-state index contributed by atoms with van der Waals surface area (Å²) in [4.78, 5) is 15.3. The van der Waals surface area contributed by atoms with Crippen LogP contribution in [-0.2, 0) is 10.0 Å². The minimum absolute atomic E-state index is 0.0849. The molecule has 2 heterocycles. The van der Waals surface area contributed by atoms with Gasteiger partial charge < -0.3 is 0 Å². The summed E-state index contributed by atoms with van der Waals surface area (Å²) < 4.78 is 40.4. The van der Waals surface area contributed by atoms with Gasteiger partial charge in [0.2, 0.25) is 0 Å². The number of carbonyl (C=O) groups excluding carboxylic acids is 1. The average molecular weight is 397 g/mol. The summed E-state index contributed by atoms with van der Waals surface area (Å²) in [7, 11) is -3.46. The average Bonchev–Trinajstić information content (AvgIpc) is 3.05. The Morgan fingerprint density at radius 2 is 1.81 bits per heavy atom. The first-order valence-electron chi connectivity index (χ1n) is 8.35. The molecule has 0 N–H and O–H groups in total. The first-order valence-corrected chi connectivity index (χ1v) is 10.6. The largest absolute Gasteiger partial charge is 0.293 e. The second-order valence-corrected chi connectivity index (χ2v) is 9.89. The molecule has 1 aromatic carbocycles. The number of piperazine rings is 1. The van der Waals surface area contributed by atoms with Gasteiger partial charge in [0, 0.05) is 36.6 Å². The van der Waals surface area contributed by atoms with Crippen molar-refractivity contribution in [1.82, 2.24) is 9.21 Å². The van der Waals surface area contributed by atoms with Gasteiger partial charge in [0.25, 0.3) is 10.0 Å².